The Morgan fingerprint density at radius 1 is 0.942 bits per heavy atom. The quantitative estimate of drug-likeness (QED) is 0.149. The van der Waals surface area contributed by atoms with Crippen LogP contribution in [0.1, 0.15) is 48.4 Å². The maximum atomic E-state index is 14.1. The molecule has 0 bridgehead atoms. The molecule has 2 aliphatic rings. The van der Waals surface area contributed by atoms with E-state index in [9.17, 15) is 13.5 Å². The zero-order valence-corrected chi connectivity index (χ0v) is 32.9. The predicted molar refractivity (Wildman–Crippen MR) is 207 cm³/mol. The minimum Gasteiger partial charge on any atom is -0.490 e. The summed E-state index contributed by atoms with van der Waals surface area (Å²) in [5.74, 6) is 2.07. The maximum absolute atomic E-state index is 14.1. The third-order valence-electron chi connectivity index (χ3n) is 9.49. The van der Waals surface area contributed by atoms with Crippen LogP contribution >= 0.6 is 11.8 Å². The Hall–Kier alpha value is -2.68. The summed E-state index contributed by atoms with van der Waals surface area (Å²) in [6, 6.07) is 21.3. The number of piperidine rings is 1. The fraction of sp³-hybridized carbons (Fsp3) is 0.550. The van der Waals surface area contributed by atoms with Crippen molar-refractivity contribution in [3.8, 4) is 5.75 Å². The molecular weight excluding hydrogens is 701 g/mol. The topological polar surface area (TPSA) is 107 Å². The molecule has 52 heavy (non-hydrogen) atoms. The first-order valence-corrected chi connectivity index (χ1v) is 21.1. The smallest absolute Gasteiger partial charge is 0.243 e. The van der Waals surface area contributed by atoms with Crippen molar-refractivity contribution in [1.82, 2.24) is 4.31 Å². The first kappa shape index (κ1) is 40.5. The van der Waals surface area contributed by atoms with Crippen LogP contribution in [-0.4, -0.2) is 108 Å². The van der Waals surface area contributed by atoms with Gasteiger partial charge in [0.1, 0.15) is 12.4 Å². The lowest BCUT2D eigenvalue weighted by Crippen LogP contribution is -2.54. The highest BCUT2D eigenvalue weighted by atomic mass is 32.2. The van der Waals surface area contributed by atoms with Gasteiger partial charge in [0.15, 0.2) is 0 Å². The van der Waals surface area contributed by atoms with E-state index in [1.165, 1.54) is 4.31 Å². The van der Waals surface area contributed by atoms with Crippen LogP contribution in [0.2, 0.25) is 0 Å². The number of ether oxygens (including phenoxy) is 5. The first-order chi connectivity index (χ1) is 25.1. The summed E-state index contributed by atoms with van der Waals surface area (Å²) in [5, 5.41) is 10.2. The molecule has 2 unspecified atom stereocenters. The molecule has 0 saturated carbocycles. The van der Waals surface area contributed by atoms with Gasteiger partial charge in [0.2, 0.25) is 10.0 Å². The van der Waals surface area contributed by atoms with Gasteiger partial charge >= 0.3 is 0 Å². The van der Waals surface area contributed by atoms with Crippen LogP contribution in [0.5, 0.6) is 5.75 Å². The Kier molecular flexibility index (Phi) is 15.3. The predicted octanol–water partition coefficient (Wildman–Crippen LogP) is 5.89. The van der Waals surface area contributed by atoms with Crippen molar-refractivity contribution in [3.05, 3.63) is 89.0 Å². The number of aryl methyl sites for hydroxylation is 1. The number of fused-ring (bicyclic) bond motifs is 1. The minimum absolute atomic E-state index is 0.0657. The fourth-order valence-electron chi connectivity index (χ4n) is 6.79. The van der Waals surface area contributed by atoms with E-state index < -0.39 is 28.3 Å². The number of methoxy groups -OCH3 is 1. The van der Waals surface area contributed by atoms with Crippen molar-refractivity contribution in [2.45, 2.75) is 69.5 Å². The average molecular weight is 757 g/mol. The Labute approximate surface area is 314 Å². The molecule has 5 rings (SSSR count). The highest BCUT2D eigenvalue weighted by Gasteiger charge is 2.44. The highest BCUT2D eigenvalue weighted by Crippen LogP contribution is 2.37. The second-order valence-corrected chi connectivity index (χ2v) is 16.9. The Bertz CT molecular complexity index is 1640. The number of aliphatic hydroxyl groups excluding tert-OH is 1. The summed E-state index contributed by atoms with van der Waals surface area (Å²) in [6.45, 7) is 10.5. The summed E-state index contributed by atoms with van der Waals surface area (Å²) in [7, 11) is -2.16. The van der Waals surface area contributed by atoms with Gasteiger partial charge in [-0.1, -0.05) is 55.0 Å². The van der Waals surface area contributed by atoms with Gasteiger partial charge in [-0.05, 0) is 79.2 Å². The van der Waals surface area contributed by atoms with E-state index in [1.54, 1.807) is 26.2 Å². The zero-order chi connectivity index (χ0) is 37.1. The van der Waals surface area contributed by atoms with Gasteiger partial charge in [-0.2, -0.15) is 16.1 Å². The van der Waals surface area contributed by atoms with Gasteiger partial charge in [0.05, 0.1) is 61.9 Å². The van der Waals surface area contributed by atoms with Crippen LogP contribution in [0, 0.1) is 12.8 Å². The fourth-order valence-corrected chi connectivity index (χ4v) is 8.92. The molecular formula is C40H56N2O8S2. The normalized spacial score (nSPS) is 20.7. The van der Waals surface area contributed by atoms with Crippen LogP contribution in [0.15, 0.2) is 71.6 Å². The van der Waals surface area contributed by atoms with Crippen LogP contribution < -0.4 is 9.64 Å². The molecule has 286 valence electrons. The van der Waals surface area contributed by atoms with Gasteiger partial charge in [0.25, 0.3) is 0 Å². The van der Waals surface area contributed by atoms with Crippen LogP contribution in [-0.2, 0) is 42.2 Å². The number of aliphatic hydroxyl groups is 1. The molecule has 3 aromatic carbocycles. The lowest BCUT2D eigenvalue weighted by molar-refractivity contribution is -0.0916. The molecule has 2 aliphatic heterocycles. The summed E-state index contributed by atoms with van der Waals surface area (Å²) in [4.78, 5) is 2.54. The van der Waals surface area contributed by atoms with E-state index in [2.05, 4.69) is 48.4 Å². The number of hydrogen-bond acceptors (Lipinski definition) is 10. The molecule has 1 fully saturated rings. The van der Waals surface area contributed by atoms with E-state index in [-0.39, 0.29) is 37.1 Å². The van der Waals surface area contributed by atoms with E-state index in [1.807, 2.05) is 43.0 Å². The van der Waals surface area contributed by atoms with E-state index in [0.29, 0.717) is 32.3 Å². The summed E-state index contributed by atoms with van der Waals surface area (Å²) < 4.78 is 60.1. The Balaban J connectivity index is 1.42. The van der Waals surface area contributed by atoms with E-state index in [4.69, 9.17) is 23.7 Å². The Morgan fingerprint density at radius 3 is 2.35 bits per heavy atom. The van der Waals surface area contributed by atoms with Crippen molar-refractivity contribution < 1.29 is 37.2 Å². The monoisotopic (exact) mass is 756 g/mol. The van der Waals surface area contributed by atoms with Crippen molar-refractivity contribution in [1.29, 1.82) is 0 Å². The number of sulfonamides is 1. The summed E-state index contributed by atoms with van der Waals surface area (Å²) in [6.07, 6.45) is 1.17. The SMILES string of the molecule is COCCCN1CCOc2ccc(CO[C@H]3CN(S(=O)(=O)c4ccc(C)cc4)C[C@@H](OCC(C)O)[C@@H]3c3ccc(COCC(C)CSC)cc3)cc21. The molecule has 0 aromatic heterocycles. The first-order valence-electron chi connectivity index (χ1n) is 18.2. The molecule has 1 N–H and O–H groups in total. The molecule has 10 nitrogen and oxygen atoms in total. The number of rotatable bonds is 19. The molecule has 0 spiro atoms. The van der Waals surface area contributed by atoms with Crippen molar-refractivity contribution >= 4 is 27.5 Å². The zero-order valence-electron chi connectivity index (χ0n) is 31.2. The molecule has 5 atom stereocenters. The lowest BCUT2D eigenvalue weighted by Gasteiger charge is -2.43. The van der Waals surface area contributed by atoms with Gasteiger partial charge in [-0.3, -0.25) is 0 Å². The van der Waals surface area contributed by atoms with Crippen LogP contribution in [0.4, 0.5) is 5.69 Å². The molecule has 1 saturated heterocycles. The number of hydrogen-bond donors (Lipinski definition) is 1. The molecule has 0 amide bonds. The van der Waals surface area contributed by atoms with E-state index in [0.717, 1.165) is 59.0 Å². The minimum atomic E-state index is -3.87. The van der Waals surface area contributed by atoms with Crippen LogP contribution in [0.25, 0.3) is 0 Å². The van der Waals surface area contributed by atoms with Crippen LogP contribution in [0.3, 0.4) is 0 Å². The van der Waals surface area contributed by atoms with Crippen molar-refractivity contribution in [2.24, 2.45) is 5.92 Å². The number of anilines is 1. The maximum Gasteiger partial charge on any atom is 0.243 e. The van der Waals surface area contributed by atoms with Gasteiger partial charge in [0, 0.05) is 39.3 Å². The number of benzene rings is 3. The third-order valence-corrected chi connectivity index (χ3v) is 12.2. The van der Waals surface area contributed by atoms with Gasteiger partial charge in [-0.15, -0.1) is 0 Å². The van der Waals surface area contributed by atoms with Gasteiger partial charge < -0.3 is 33.7 Å². The standard InChI is InChI=1S/C40H56N2O8S2/c1-29-7-14-35(15-8-29)52(44,45)42-22-38(49-25-31(3)43)40(34-12-9-32(10-13-34)26-47-24-30(2)28-51-5)39(23-42)50-27-33-11-16-37-36(21-33)41(18-20-48-37)17-6-19-46-4/h7-16,21,30-31,38-40,43H,6,17-20,22-28H2,1-5H3/t30?,31?,38-,39+,40+/m1/s1. The third kappa shape index (κ3) is 10.9. The number of thioether (sulfide) groups is 1. The van der Waals surface area contributed by atoms with Crippen molar-refractivity contribution in [3.63, 3.8) is 0 Å². The highest BCUT2D eigenvalue weighted by molar-refractivity contribution is 7.98. The lowest BCUT2D eigenvalue weighted by atomic mass is 9.85. The average Bonchev–Trinajstić information content (AvgIpc) is 3.13. The second kappa shape index (κ2) is 19.6. The molecule has 2 heterocycles. The van der Waals surface area contributed by atoms with Gasteiger partial charge in [-0.25, -0.2) is 8.42 Å². The summed E-state index contributed by atoms with van der Waals surface area (Å²) >= 11 is 1.82. The molecule has 0 radical (unpaired) electrons. The molecule has 12 heteroatoms. The summed E-state index contributed by atoms with van der Waals surface area (Å²) in [5.41, 5.74) is 5.00. The number of nitrogens with zero attached hydrogens (tertiary/aromatic N) is 2. The molecule has 3 aromatic rings. The largest absolute Gasteiger partial charge is 0.490 e. The van der Waals surface area contributed by atoms with Crippen molar-refractivity contribution in [2.75, 3.05) is 76.6 Å². The molecule has 0 aliphatic carbocycles. The van der Waals surface area contributed by atoms with E-state index >= 15 is 0 Å². The second-order valence-electron chi connectivity index (χ2n) is 14.0. The Morgan fingerprint density at radius 2 is 1.65 bits per heavy atom.